The first-order valence-electron chi connectivity index (χ1n) is 6.56. The standard InChI is InChI=1S/C15H19FN2O2/c1-9(2)18-10(3)13(15(19)17-18)7-11-5-6-12(20-4)8-14(11)16/h5-6,8-9H,7H2,1-4H3,(H,17,19). The fourth-order valence-electron chi connectivity index (χ4n) is 2.28. The molecule has 2 aromatic rings. The minimum atomic E-state index is -0.361. The molecule has 0 saturated heterocycles. The van der Waals surface area contributed by atoms with Crippen molar-refractivity contribution in [1.82, 2.24) is 9.78 Å². The third-order valence-corrected chi connectivity index (χ3v) is 3.44. The van der Waals surface area contributed by atoms with Gasteiger partial charge < -0.3 is 4.74 Å². The highest BCUT2D eigenvalue weighted by molar-refractivity contribution is 5.33. The number of hydrogen-bond donors (Lipinski definition) is 1. The normalized spacial score (nSPS) is 11.1. The van der Waals surface area contributed by atoms with Gasteiger partial charge >= 0.3 is 0 Å². The second-order valence-corrected chi connectivity index (χ2v) is 5.10. The Morgan fingerprint density at radius 1 is 1.40 bits per heavy atom. The monoisotopic (exact) mass is 278 g/mol. The molecule has 0 aliphatic carbocycles. The van der Waals surface area contributed by atoms with Crippen molar-refractivity contribution in [3.63, 3.8) is 0 Å². The van der Waals surface area contributed by atoms with E-state index in [4.69, 9.17) is 4.74 Å². The number of methoxy groups -OCH3 is 1. The highest BCUT2D eigenvalue weighted by atomic mass is 19.1. The van der Waals surface area contributed by atoms with Crippen LogP contribution in [-0.2, 0) is 6.42 Å². The lowest BCUT2D eigenvalue weighted by Crippen LogP contribution is -2.09. The van der Waals surface area contributed by atoms with Crippen LogP contribution in [-0.4, -0.2) is 16.9 Å². The van der Waals surface area contributed by atoms with Gasteiger partial charge in [-0.05, 0) is 32.4 Å². The maximum atomic E-state index is 14.0. The molecule has 0 unspecified atom stereocenters. The quantitative estimate of drug-likeness (QED) is 0.934. The molecule has 0 saturated carbocycles. The van der Waals surface area contributed by atoms with Crippen molar-refractivity contribution in [3.05, 3.63) is 51.2 Å². The van der Waals surface area contributed by atoms with Gasteiger partial charge in [0.2, 0.25) is 0 Å². The number of aromatic amines is 1. The van der Waals surface area contributed by atoms with Crippen LogP contribution in [0.2, 0.25) is 0 Å². The van der Waals surface area contributed by atoms with Gasteiger partial charge in [-0.2, -0.15) is 0 Å². The fraction of sp³-hybridized carbons (Fsp3) is 0.400. The lowest BCUT2D eigenvalue weighted by molar-refractivity contribution is 0.411. The summed E-state index contributed by atoms with van der Waals surface area (Å²) in [5, 5.41) is 2.79. The lowest BCUT2D eigenvalue weighted by atomic mass is 10.0. The van der Waals surface area contributed by atoms with Crippen LogP contribution in [0, 0.1) is 12.7 Å². The van der Waals surface area contributed by atoms with Gasteiger partial charge in [-0.25, -0.2) is 4.39 Å². The number of nitrogens with zero attached hydrogens (tertiary/aromatic N) is 1. The predicted molar refractivity (Wildman–Crippen MR) is 75.9 cm³/mol. The minimum Gasteiger partial charge on any atom is -0.497 e. The summed E-state index contributed by atoms with van der Waals surface area (Å²) in [4.78, 5) is 12.0. The smallest absolute Gasteiger partial charge is 0.267 e. The third-order valence-electron chi connectivity index (χ3n) is 3.44. The molecule has 5 heteroatoms. The van der Waals surface area contributed by atoms with Crippen molar-refractivity contribution in [2.45, 2.75) is 33.2 Å². The lowest BCUT2D eigenvalue weighted by Gasteiger charge is -2.10. The van der Waals surface area contributed by atoms with E-state index in [-0.39, 0.29) is 23.8 Å². The molecular formula is C15H19FN2O2. The second kappa shape index (κ2) is 5.53. The minimum absolute atomic E-state index is 0.161. The molecule has 0 amide bonds. The molecule has 4 nitrogen and oxygen atoms in total. The molecule has 2 rings (SSSR count). The Bertz CT molecular complexity index is 671. The summed E-state index contributed by atoms with van der Waals surface area (Å²) in [7, 11) is 1.49. The van der Waals surface area contributed by atoms with E-state index >= 15 is 0 Å². The molecule has 0 fully saturated rings. The molecular weight excluding hydrogens is 259 g/mol. The summed E-state index contributed by atoms with van der Waals surface area (Å²) < 4.78 is 20.7. The number of aromatic nitrogens is 2. The first-order valence-corrected chi connectivity index (χ1v) is 6.56. The van der Waals surface area contributed by atoms with Gasteiger partial charge in [0.15, 0.2) is 0 Å². The molecule has 0 radical (unpaired) electrons. The van der Waals surface area contributed by atoms with Crippen LogP contribution in [0.15, 0.2) is 23.0 Å². The molecule has 0 atom stereocenters. The van der Waals surface area contributed by atoms with Crippen LogP contribution in [0.5, 0.6) is 5.75 Å². The van der Waals surface area contributed by atoms with E-state index in [1.54, 1.807) is 16.8 Å². The summed E-state index contributed by atoms with van der Waals surface area (Å²) in [6.45, 7) is 5.84. The van der Waals surface area contributed by atoms with Crippen LogP contribution >= 0.6 is 0 Å². The summed E-state index contributed by atoms with van der Waals surface area (Å²) in [5.41, 5.74) is 1.77. The summed E-state index contributed by atoms with van der Waals surface area (Å²) in [5.74, 6) is 0.108. The molecule has 1 aromatic heterocycles. The molecule has 0 bridgehead atoms. The van der Waals surface area contributed by atoms with E-state index in [9.17, 15) is 9.18 Å². The molecule has 108 valence electrons. The zero-order valence-corrected chi connectivity index (χ0v) is 12.2. The number of ether oxygens (including phenoxy) is 1. The molecule has 0 aliphatic heterocycles. The van der Waals surface area contributed by atoms with Crippen molar-refractivity contribution in [3.8, 4) is 5.75 Å². The SMILES string of the molecule is COc1ccc(Cc2c(C)n(C(C)C)[nH]c2=O)c(F)c1. The van der Waals surface area contributed by atoms with Crippen molar-refractivity contribution >= 4 is 0 Å². The van der Waals surface area contributed by atoms with Crippen LogP contribution in [0.25, 0.3) is 0 Å². The van der Waals surface area contributed by atoms with E-state index in [1.807, 2.05) is 20.8 Å². The summed E-state index contributed by atoms with van der Waals surface area (Å²) >= 11 is 0. The third kappa shape index (κ3) is 2.61. The second-order valence-electron chi connectivity index (χ2n) is 5.10. The van der Waals surface area contributed by atoms with Gasteiger partial charge in [0.1, 0.15) is 11.6 Å². The topological polar surface area (TPSA) is 47.0 Å². The van der Waals surface area contributed by atoms with Gasteiger partial charge in [-0.3, -0.25) is 14.6 Å². The van der Waals surface area contributed by atoms with Crippen LogP contribution in [0.4, 0.5) is 4.39 Å². The van der Waals surface area contributed by atoms with Crippen molar-refractivity contribution in [1.29, 1.82) is 0 Å². The number of H-pyrrole nitrogens is 1. The summed E-state index contributed by atoms with van der Waals surface area (Å²) in [6.07, 6.45) is 0.275. The Hall–Kier alpha value is -2.04. The number of nitrogens with one attached hydrogen (secondary N) is 1. The first kappa shape index (κ1) is 14.4. The van der Waals surface area contributed by atoms with Gasteiger partial charge in [0.05, 0.1) is 7.11 Å². The van der Waals surface area contributed by atoms with Crippen molar-refractivity contribution in [2.24, 2.45) is 0 Å². The first-order chi connectivity index (χ1) is 9.43. The Balaban J connectivity index is 2.38. The van der Waals surface area contributed by atoms with Gasteiger partial charge in [-0.1, -0.05) is 6.07 Å². The largest absolute Gasteiger partial charge is 0.497 e. The number of rotatable bonds is 4. The van der Waals surface area contributed by atoms with Crippen LogP contribution in [0.1, 0.15) is 36.7 Å². The van der Waals surface area contributed by atoms with E-state index in [2.05, 4.69) is 5.10 Å². The zero-order valence-electron chi connectivity index (χ0n) is 12.2. The van der Waals surface area contributed by atoms with Crippen LogP contribution < -0.4 is 10.3 Å². The van der Waals surface area contributed by atoms with Gasteiger partial charge in [0.25, 0.3) is 5.56 Å². The predicted octanol–water partition coefficient (Wildman–Crippen LogP) is 2.80. The van der Waals surface area contributed by atoms with Gasteiger partial charge in [0, 0.05) is 29.8 Å². The number of benzene rings is 1. The highest BCUT2D eigenvalue weighted by Gasteiger charge is 2.15. The maximum absolute atomic E-state index is 14.0. The van der Waals surface area contributed by atoms with E-state index < -0.39 is 0 Å². The average molecular weight is 278 g/mol. The Morgan fingerprint density at radius 2 is 2.10 bits per heavy atom. The van der Waals surface area contributed by atoms with E-state index in [0.29, 0.717) is 16.9 Å². The maximum Gasteiger partial charge on any atom is 0.267 e. The Morgan fingerprint density at radius 3 is 2.60 bits per heavy atom. The number of halogens is 1. The Kier molecular flexibility index (Phi) is 3.97. The average Bonchev–Trinajstić information content (AvgIpc) is 2.68. The fourth-order valence-corrected chi connectivity index (χ4v) is 2.28. The molecule has 20 heavy (non-hydrogen) atoms. The van der Waals surface area contributed by atoms with E-state index in [1.165, 1.54) is 13.2 Å². The zero-order chi connectivity index (χ0) is 14.9. The van der Waals surface area contributed by atoms with E-state index in [0.717, 1.165) is 5.69 Å². The molecule has 0 aliphatic rings. The molecule has 0 spiro atoms. The number of hydrogen-bond acceptors (Lipinski definition) is 2. The van der Waals surface area contributed by atoms with Crippen LogP contribution in [0.3, 0.4) is 0 Å². The highest BCUT2D eigenvalue weighted by Crippen LogP contribution is 2.20. The molecule has 1 heterocycles. The Labute approximate surface area is 117 Å². The van der Waals surface area contributed by atoms with Crippen molar-refractivity contribution < 1.29 is 9.13 Å². The molecule has 1 N–H and O–H groups in total. The molecule has 1 aromatic carbocycles. The summed E-state index contributed by atoms with van der Waals surface area (Å²) in [6, 6.07) is 4.84. The van der Waals surface area contributed by atoms with Gasteiger partial charge in [-0.15, -0.1) is 0 Å². The van der Waals surface area contributed by atoms with Crippen molar-refractivity contribution in [2.75, 3.05) is 7.11 Å².